The molecule has 25 heavy (non-hydrogen) atoms. The highest BCUT2D eigenvalue weighted by Gasteiger charge is 2.34. The van der Waals surface area contributed by atoms with Crippen LogP contribution in [0.25, 0.3) is 0 Å². The molecular weight excluding hydrogens is 374 g/mol. The van der Waals surface area contributed by atoms with Crippen LogP contribution in [0.3, 0.4) is 0 Å². The quantitative estimate of drug-likeness (QED) is 0.355. The first-order valence-corrected chi connectivity index (χ1v) is 9.06. The lowest BCUT2D eigenvalue weighted by Crippen LogP contribution is -2.43. The third-order valence-corrected chi connectivity index (χ3v) is 5.12. The summed E-state index contributed by atoms with van der Waals surface area (Å²) in [6.45, 7) is 4.69. The zero-order valence-electron chi connectivity index (χ0n) is 14.2. The molecule has 1 fully saturated rings. The number of hydrogen-bond acceptors (Lipinski definition) is 2. The fourth-order valence-corrected chi connectivity index (χ4v) is 3.67. The van der Waals surface area contributed by atoms with Crippen LogP contribution < -0.4 is 10.9 Å². The van der Waals surface area contributed by atoms with E-state index in [0.29, 0.717) is 6.54 Å². The van der Waals surface area contributed by atoms with Gasteiger partial charge in [-0.15, -0.1) is 0 Å². The van der Waals surface area contributed by atoms with Crippen molar-refractivity contribution in [2.24, 2.45) is 10.4 Å². The van der Waals surface area contributed by atoms with Crippen LogP contribution in [0.2, 0.25) is 10.0 Å². The highest BCUT2D eigenvalue weighted by molar-refractivity contribution is 6.39. The second-order valence-electron chi connectivity index (χ2n) is 6.51. The van der Waals surface area contributed by atoms with Crippen molar-refractivity contribution in [3.8, 4) is 0 Å². The molecule has 1 aliphatic rings. The molecule has 0 amide bonds. The molecule has 0 spiro atoms. The van der Waals surface area contributed by atoms with Crippen LogP contribution in [0, 0.1) is 5.41 Å². The zero-order valence-corrected chi connectivity index (χ0v) is 15.7. The van der Waals surface area contributed by atoms with E-state index in [2.05, 4.69) is 22.8 Å². The van der Waals surface area contributed by atoms with Crippen molar-refractivity contribution in [2.45, 2.75) is 52.1 Å². The number of alkyl halides is 3. The standard InChI is InChI=1S/C17H22Cl2F3N3/c1-3-23-15(16(2)7-5-4-6-8-16)25-24-14-12(18)9-11(10-13(14)19)17(20,21)22/h9-10,24H,3-8H2,1-2H3,(H,23,25). The molecule has 140 valence electrons. The second kappa shape index (κ2) is 8.04. The van der Waals surface area contributed by atoms with Gasteiger partial charge in [0.2, 0.25) is 0 Å². The first-order valence-electron chi connectivity index (χ1n) is 8.30. The molecule has 1 saturated carbocycles. The third-order valence-electron chi connectivity index (χ3n) is 4.52. The Hall–Kier alpha value is -1.14. The maximum atomic E-state index is 12.8. The summed E-state index contributed by atoms with van der Waals surface area (Å²) in [4.78, 5) is 4.53. The fourth-order valence-electron chi connectivity index (χ4n) is 3.09. The van der Waals surface area contributed by atoms with Crippen LogP contribution in [0.15, 0.2) is 17.1 Å². The molecule has 0 aromatic heterocycles. The van der Waals surface area contributed by atoms with E-state index in [-0.39, 0.29) is 21.1 Å². The Labute approximate surface area is 156 Å². The second-order valence-corrected chi connectivity index (χ2v) is 7.32. The third kappa shape index (κ3) is 4.94. The highest BCUT2D eigenvalue weighted by atomic mass is 35.5. The van der Waals surface area contributed by atoms with Gasteiger partial charge >= 0.3 is 6.18 Å². The van der Waals surface area contributed by atoms with E-state index in [1.165, 1.54) is 6.42 Å². The molecular formula is C17H22Cl2F3N3. The number of hydrazine groups is 1. The molecule has 1 aliphatic carbocycles. The van der Waals surface area contributed by atoms with Crippen molar-refractivity contribution < 1.29 is 13.2 Å². The monoisotopic (exact) mass is 395 g/mol. The molecule has 2 rings (SSSR count). The number of nitrogens with one attached hydrogen (secondary N) is 2. The van der Waals surface area contributed by atoms with Gasteiger partial charge in [-0.25, -0.2) is 0 Å². The van der Waals surface area contributed by atoms with Gasteiger partial charge in [0.05, 0.1) is 21.3 Å². The SMILES string of the molecule is CCN=C(NNc1c(Cl)cc(C(F)(F)F)cc1Cl)C1(C)CCCCC1. The predicted molar refractivity (Wildman–Crippen MR) is 97.4 cm³/mol. The Bertz CT molecular complexity index is 616. The van der Waals surface area contributed by atoms with Crippen molar-refractivity contribution >= 4 is 34.7 Å². The Balaban J connectivity index is 2.20. The molecule has 0 radical (unpaired) electrons. The lowest BCUT2D eigenvalue weighted by Gasteiger charge is -2.35. The van der Waals surface area contributed by atoms with E-state index in [4.69, 9.17) is 23.2 Å². The maximum Gasteiger partial charge on any atom is 0.416 e. The number of anilines is 1. The molecule has 1 aromatic rings. The average molecular weight is 396 g/mol. The summed E-state index contributed by atoms with van der Waals surface area (Å²) in [5.41, 5.74) is 5.13. The van der Waals surface area contributed by atoms with Gasteiger partial charge in [-0.3, -0.25) is 15.8 Å². The Morgan fingerprint density at radius 1 is 1.16 bits per heavy atom. The molecule has 2 N–H and O–H groups in total. The first kappa shape index (κ1) is 20.2. The van der Waals surface area contributed by atoms with Crippen LogP contribution in [0.4, 0.5) is 18.9 Å². The van der Waals surface area contributed by atoms with Crippen molar-refractivity contribution in [2.75, 3.05) is 12.0 Å². The molecule has 0 atom stereocenters. The van der Waals surface area contributed by atoms with E-state index >= 15 is 0 Å². The lowest BCUT2D eigenvalue weighted by atomic mass is 9.75. The van der Waals surface area contributed by atoms with E-state index in [9.17, 15) is 13.2 Å². The average Bonchev–Trinajstić information content (AvgIpc) is 2.52. The van der Waals surface area contributed by atoms with Gasteiger partial charge in [0.15, 0.2) is 0 Å². The van der Waals surface area contributed by atoms with Gasteiger partial charge in [-0.2, -0.15) is 13.2 Å². The van der Waals surface area contributed by atoms with Crippen LogP contribution >= 0.6 is 23.2 Å². The summed E-state index contributed by atoms with van der Waals surface area (Å²) in [7, 11) is 0. The van der Waals surface area contributed by atoms with Gasteiger partial charge in [0.1, 0.15) is 5.84 Å². The van der Waals surface area contributed by atoms with Gasteiger partial charge < -0.3 is 0 Å². The molecule has 1 aromatic carbocycles. The van der Waals surface area contributed by atoms with Gasteiger partial charge in [0.25, 0.3) is 0 Å². The minimum atomic E-state index is -4.50. The topological polar surface area (TPSA) is 36.4 Å². The van der Waals surface area contributed by atoms with Crippen LogP contribution in [-0.2, 0) is 6.18 Å². The zero-order chi connectivity index (χ0) is 18.7. The summed E-state index contributed by atoms with van der Waals surface area (Å²) < 4.78 is 38.4. The Morgan fingerprint density at radius 2 is 1.72 bits per heavy atom. The highest BCUT2D eigenvalue weighted by Crippen LogP contribution is 2.39. The smallest absolute Gasteiger partial charge is 0.297 e. The summed E-state index contributed by atoms with van der Waals surface area (Å²) in [5.74, 6) is 0.779. The number of aliphatic imine (C=N–C) groups is 1. The summed E-state index contributed by atoms with van der Waals surface area (Å²) >= 11 is 12.0. The van der Waals surface area contributed by atoms with Gasteiger partial charge in [0, 0.05) is 12.0 Å². The predicted octanol–water partition coefficient (Wildman–Crippen LogP) is 6.32. The maximum absolute atomic E-state index is 12.8. The summed E-state index contributed by atoms with van der Waals surface area (Å²) in [5, 5.41) is -0.200. The van der Waals surface area contributed by atoms with E-state index in [1.54, 1.807) is 0 Å². The first-order chi connectivity index (χ1) is 11.7. The van der Waals surface area contributed by atoms with Crippen LogP contribution in [0.5, 0.6) is 0 Å². The number of hydrogen-bond donors (Lipinski definition) is 2. The molecule has 0 unspecified atom stereocenters. The molecule has 0 aliphatic heterocycles. The number of amidine groups is 1. The number of rotatable bonds is 4. The molecule has 3 nitrogen and oxygen atoms in total. The summed E-state index contributed by atoms with van der Waals surface area (Å²) in [6.07, 6.45) is 0.984. The molecule has 0 saturated heterocycles. The molecule has 0 heterocycles. The Kier molecular flexibility index (Phi) is 6.49. The Morgan fingerprint density at radius 3 is 2.20 bits per heavy atom. The number of nitrogens with zero attached hydrogens (tertiary/aromatic N) is 1. The van der Waals surface area contributed by atoms with Gasteiger partial charge in [-0.1, -0.05) is 49.4 Å². The largest absolute Gasteiger partial charge is 0.416 e. The summed E-state index contributed by atoms with van der Waals surface area (Å²) in [6, 6.07) is 1.72. The molecule has 0 bridgehead atoms. The van der Waals surface area contributed by atoms with Crippen molar-refractivity contribution in [3.63, 3.8) is 0 Å². The molecule has 8 heteroatoms. The van der Waals surface area contributed by atoms with Crippen molar-refractivity contribution in [3.05, 3.63) is 27.7 Å². The fraction of sp³-hybridized carbons (Fsp3) is 0.588. The number of benzene rings is 1. The lowest BCUT2D eigenvalue weighted by molar-refractivity contribution is -0.137. The minimum absolute atomic E-state index is 0.0911. The van der Waals surface area contributed by atoms with Crippen LogP contribution in [-0.4, -0.2) is 12.4 Å². The number of halogens is 5. The normalized spacial score (nSPS) is 18.1. The van der Waals surface area contributed by atoms with Crippen molar-refractivity contribution in [1.82, 2.24) is 5.43 Å². The van der Waals surface area contributed by atoms with Crippen LogP contribution in [0.1, 0.15) is 51.5 Å². The van der Waals surface area contributed by atoms with Crippen molar-refractivity contribution in [1.29, 1.82) is 0 Å². The van der Waals surface area contributed by atoms with Gasteiger partial charge in [-0.05, 0) is 31.9 Å². The van der Waals surface area contributed by atoms with E-state index < -0.39 is 11.7 Å². The van der Waals surface area contributed by atoms with E-state index in [1.807, 2.05) is 6.92 Å². The van der Waals surface area contributed by atoms with E-state index in [0.717, 1.165) is 43.7 Å². The minimum Gasteiger partial charge on any atom is -0.297 e.